The van der Waals surface area contributed by atoms with Gasteiger partial charge in [-0.25, -0.2) is 13.1 Å². The standard InChI is InChI=1S/C20H24N2O4S2/c1-3-13-22-17-11-10-16(14-19(17)27-20(22)23)28(24,25)21-12-6-8-15-7-4-5-9-18(15)26-2/h4-5,7,9-11,14,21H,3,6,8,12-13H2,1-2H3. The molecule has 1 heterocycles. The molecular formula is C20H24N2O4S2. The molecule has 1 aromatic heterocycles. The number of aryl methyl sites for hydroxylation is 2. The minimum atomic E-state index is -3.62. The van der Waals surface area contributed by atoms with Gasteiger partial charge in [-0.1, -0.05) is 36.5 Å². The molecule has 0 saturated heterocycles. The molecule has 0 aliphatic rings. The summed E-state index contributed by atoms with van der Waals surface area (Å²) in [5.41, 5.74) is 1.83. The van der Waals surface area contributed by atoms with Crippen LogP contribution in [0.25, 0.3) is 10.2 Å². The van der Waals surface area contributed by atoms with Crippen LogP contribution in [-0.2, 0) is 23.0 Å². The Hall–Kier alpha value is -2.16. The Morgan fingerprint density at radius 2 is 1.96 bits per heavy atom. The van der Waals surface area contributed by atoms with Gasteiger partial charge in [-0.15, -0.1) is 0 Å². The SMILES string of the molecule is CCCn1c(=O)sc2cc(S(=O)(=O)NCCCc3ccccc3OC)ccc21. The molecule has 0 saturated carbocycles. The molecule has 0 bridgehead atoms. The van der Waals surface area contributed by atoms with E-state index in [1.165, 1.54) is 0 Å². The maximum absolute atomic E-state index is 12.6. The van der Waals surface area contributed by atoms with Crippen LogP contribution in [0.2, 0.25) is 0 Å². The molecule has 28 heavy (non-hydrogen) atoms. The number of sulfonamides is 1. The van der Waals surface area contributed by atoms with Crippen molar-refractivity contribution in [2.24, 2.45) is 0 Å². The highest BCUT2D eigenvalue weighted by molar-refractivity contribution is 7.89. The second-order valence-electron chi connectivity index (χ2n) is 6.46. The number of ether oxygens (including phenoxy) is 1. The van der Waals surface area contributed by atoms with E-state index >= 15 is 0 Å². The molecule has 150 valence electrons. The lowest BCUT2D eigenvalue weighted by Crippen LogP contribution is -2.25. The molecule has 0 aliphatic heterocycles. The van der Waals surface area contributed by atoms with Crippen molar-refractivity contribution in [1.82, 2.24) is 9.29 Å². The van der Waals surface area contributed by atoms with E-state index in [2.05, 4.69) is 4.72 Å². The molecule has 0 spiro atoms. The first-order valence-electron chi connectivity index (χ1n) is 9.21. The maximum Gasteiger partial charge on any atom is 0.308 e. The predicted octanol–water partition coefficient (Wildman–Crippen LogP) is 3.39. The Morgan fingerprint density at radius 3 is 2.71 bits per heavy atom. The number of nitrogens with zero attached hydrogens (tertiary/aromatic N) is 1. The molecule has 0 fully saturated rings. The van der Waals surface area contributed by atoms with Crippen LogP contribution in [0.5, 0.6) is 5.75 Å². The van der Waals surface area contributed by atoms with Crippen LogP contribution in [0.15, 0.2) is 52.2 Å². The molecule has 0 atom stereocenters. The average molecular weight is 421 g/mol. The molecular weight excluding hydrogens is 396 g/mol. The summed E-state index contributed by atoms with van der Waals surface area (Å²) in [6.07, 6.45) is 2.22. The largest absolute Gasteiger partial charge is 0.496 e. The zero-order chi connectivity index (χ0) is 20.1. The first-order chi connectivity index (χ1) is 13.5. The number of fused-ring (bicyclic) bond motifs is 1. The van der Waals surface area contributed by atoms with Gasteiger partial charge in [-0.3, -0.25) is 9.36 Å². The third-order valence-electron chi connectivity index (χ3n) is 4.50. The van der Waals surface area contributed by atoms with Crippen molar-refractivity contribution >= 4 is 31.6 Å². The Morgan fingerprint density at radius 1 is 1.18 bits per heavy atom. The fraction of sp³-hybridized carbons (Fsp3) is 0.350. The van der Waals surface area contributed by atoms with Gasteiger partial charge < -0.3 is 4.74 Å². The number of thiazole rings is 1. The predicted molar refractivity (Wildman–Crippen MR) is 113 cm³/mol. The first kappa shape index (κ1) is 20.6. The molecule has 0 unspecified atom stereocenters. The number of rotatable bonds is 9. The van der Waals surface area contributed by atoms with Crippen molar-refractivity contribution in [3.63, 3.8) is 0 Å². The summed E-state index contributed by atoms with van der Waals surface area (Å²) in [5, 5.41) is 0. The Bertz CT molecular complexity index is 1120. The van der Waals surface area contributed by atoms with Crippen LogP contribution in [0.1, 0.15) is 25.3 Å². The molecule has 1 N–H and O–H groups in total. The fourth-order valence-electron chi connectivity index (χ4n) is 3.13. The number of aromatic nitrogens is 1. The smallest absolute Gasteiger partial charge is 0.308 e. The summed E-state index contributed by atoms with van der Waals surface area (Å²) in [4.78, 5) is 12.2. The van der Waals surface area contributed by atoms with Crippen molar-refractivity contribution in [2.45, 2.75) is 37.6 Å². The Balaban J connectivity index is 1.68. The van der Waals surface area contributed by atoms with Gasteiger partial charge in [0.05, 0.1) is 22.2 Å². The first-order valence-corrected chi connectivity index (χ1v) is 11.5. The van der Waals surface area contributed by atoms with Gasteiger partial charge in [0.25, 0.3) is 0 Å². The average Bonchev–Trinajstić information content (AvgIpc) is 3.00. The van der Waals surface area contributed by atoms with Gasteiger partial charge in [0.15, 0.2) is 0 Å². The topological polar surface area (TPSA) is 77.4 Å². The molecule has 2 aromatic carbocycles. The number of methoxy groups -OCH3 is 1. The zero-order valence-electron chi connectivity index (χ0n) is 16.0. The molecule has 0 amide bonds. The van der Waals surface area contributed by atoms with Gasteiger partial charge >= 0.3 is 4.87 Å². The monoisotopic (exact) mass is 420 g/mol. The van der Waals surface area contributed by atoms with Crippen LogP contribution in [0.4, 0.5) is 0 Å². The van der Waals surface area contributed by atoms with E-state index < -0.39 is 10.0 Å². The van der Waals surface area contributed by atoms with E-state index in [0.717, 1.165) is 34.6 Å². The third kappa shape index (κ3) is 4.45. The Labute approximate surface area is 168 Å². The summed E-state index contributed by atoms with van der Waals surface area (Å²) in [5.74, 6) is 0.808. The zero-order valence-corrected chi connectivity index (χ0v) is 17.6. The van der Waals surface area contributed by atoms with Crippen LogP contribution in [-0.4, -0.2) is 26.6 Å². The lowest BCUT2D eigenvalue weighted by molar-refractivity contribution is 0.409. The number of benzene rings is 2. The third-order valence-corrected chi connectivity index (χ3v) is 6.91. The normalized spacial score (nSPS) is 11.8. The molecule has 0 aliphatic carbocycles. The van der Waals surface area contributed by atoms with Crippen molar-refractivity contribution in [2.75, 3.05) is 13.7 Å². The van der Waals surface area contributed by atoms with Crippen LogP contribution in [0, 0.1) is 0 Å². The number of nitrogens with one attached hydrogen (secondary N) is 1. The summed E-state index contributed by atoms with van der Waals surface area (Å²) < 4.78 is 35.6. The van der Waals surface area contributed by atoms with Crippen molar-refractivity contribution in [3.05, 3.63) is 57.7 Å². The van der Waals surface area contributed by atoms with E-state index in [4.69, 9.17) is 4.74 Å². The molecule has 8 heteroatoms. The van der Waals surface area contributed by atoms with Gasteiger partial charge in [0, 0.05) is 13.1 Å². The van der Waals surface area contributed by atoms with Crippen LogP contribution >= 0.6 is 11.3 Å². The highest BCUT2D eigenvalue weighted by Gasteiger charge is 2.16. The lowest BCUT2D eigenvalue weighted by Gasteiger charge is -2.09. The van der Waals surface area contributed by atoms with Crippen molar-refractivity contribution in [1.29, 1.82) is 0 Å². The quantitative estimate of drug-likeness (QED) is 0.538. The summed E-state index contributed by atoms with van der Waals surface area (Å²) in [6, 6.07) is 12.6. The highest BCUT2D eigenvalue weighted by Crippen LogP contribution is 2.22. The van der Waals surface area contributed by atoms with Gasteiger partial charge in [-0.2, -0.15) is 0 Å². The number of para-hydroxylation sites is 1. The molecule has 3 aromatic rings. The molecule has 0 radical (unpaired) electrons. The minimum Gasteiger partial charge on any atom is -0.496 e. The van der Waals surface area contributed by atoms with Gasteiger partial charge in [-0.05, 0) is 49.1 Å². The summed E-state index contributed by atoms with van der Waals surface area (Å²) in [7, 11) is -2.00. The van der Waals surface area contributed by atoms with E-state index in [1.54, 1.807) is 29.9 Å². The fourth-order valence-corrected chi connectivity index (χ4v) is 5.26. The van der Waals surface area contributed by atoms with Gasteiger partial charge in [0.2, 0.25) is 10.0 Å². The second kappa shape index (κ2) is 8.89. The van der Waals surface area contributed by atoms with Crippen molar-refractivity contribution in [3.8, 4) is 5.75 Å². The lowest BCUT2D eigenvalue weighted by atomic mass is 10.1. The van der Waals surface area contributed by atoms with E-state index in [-0.39, 0.29) is 9.77 Å². The van der Waals surface area contributed by atoms with Crippen LogP contribution in [0.3, 0.4) is 0 Å². The Kier molecular flexibility index (Phi) is 6.53. The van der Waals surface area contributed by atoms with E-state index in [0.29, 0.717) is 30.6 Å². The second-order valence-corrected chi connectivity index (χ2v) is 9.22. The van der Waals surface area contributed by atoms with E-state index in [9.17, 15) is 13.2 Å². The van der Waals surface area contributed by atoms with Crippen LogP contribution < -0.4 is 14.3 Å². The van der Waals surface area contributed by atoms with E-state index in [1.807, 2.05) is 31.2 Å². The number of hydrogen-bond donors (Lipinski definition) is 1. The number of hydrogen-bond acceptors (Lipinski definition) is 5. The molecule has 6 nitrogen and oxygen atoms in total. The summed E-state index contributed by atoms with van der Waals surface area (Å²) >= 11 is 1.08. The highest BCUT2D eigenvalue weighted by atomic mass is 32.2. The summed E-state index contributed by atoms with van der Waals surface area (Å²) in [6.45, 7) is 2.96. The van der Waals surface area contributed by atoms with Crippen molar-refractivity contribution < 1.29 is 13.2 Å². The molecule has 3 rings (SSSR count). The van der Waals surface area contributed by atoms with Gasteiger partial charge in [0.1, 0.15) is 5.75 Å². The maximum atomic E-state index is 12.6. The minimum absolute atomic E-state index is 0.0591.